The van der Waals surface area contributed by atoms with Crippen LogP contribution in [0.4, 0.5) is 5.69 Å². The molecule has 0 aliphatic heterocycles. The molecule has 0 saturated carbocycles. The van der Waals surface area contributed by atoms with E-state index in [4.69, 9.17) is 4.74 Å². The number of para-hydroxylation sites is 1. The van der Waals surface area contributed by atoms with Crippen LogP contribution in [-0.2, 0) is 11.3 Å². The minimum Gasteiger partial charge on any atom is -0.497 e. The lowest BCUT2D eigenvalue weighted by Gasteiger charge is -2.25. The van der Waals surface area contributed by atoms with Gasteiger partial charge in [-0.25, -0.2) is 0 Å². The zero-order chi connectivity index (χ0) is 15.2. The summed E-state index contributed by atoms with van der Waals surface area (Å²) >= 11 is 0. The zero-order valence-corrected chi connectivity index (χ0v) is 12.7. The van der Waals surface area contributed by atoms with Gasteiger partial charge in [0.1, 0.15) is 5.76 Å². The number of hydrogen-bond donors (Lipinski definition) is 0. The largest absolute Gasteiger partial charge is 0.497 e. The van der Waals surface area contributed by atoms with Gasteiger partial charge < -0.3 is 9.64 Å². The van der Waals surface area contributed by atoms with E-state index >= 15 is 0 Å². The van der Waals surface area contributed by atoms with Crippen LogP contribution in [0.3, 0.4) is 0 Å². The second kappa shape index (κ2) is 6.80. The summed E-state index contributed by atoms with van der Waals surface area (Å²) in [7, 11) is 1.63. The number of ether oxygens (including phenoxy) is 1. The van der Waals surface area contributed by atoms with E-state index in [0.29, 0.717) is 5.76 Å². The molecule has 21 heavy (non-hydrogen) atoms. The molecule has 0 unspecified atom stereocenters. The van der Waals surface area contributed by atoms with Gasteiger partial charge in [0.2, 0.25) is 0 Å². The van der Waals surface area contributed by atoms with Gasteiger partial charge >= 0.3 is 0 Å². The Kier molecular flexibility index (Phi) is 4.83. The lowest BCUT2D eigenvalue weighted by atomic mass is 10.1. The first-order valence-electron chi connectivity index (χ1n) is 6.92. The number of nitrogens with zero attached hydrogens (tertiary/aromatic N) is 1. The zero-order valence-electron chi connectivity index (χ0n) is 12.7. The standard InChI is InChI=1S/C19H21NO/c1-15(2)20(19-8-6-5-7-9-19)14-17-10-12-18(13-11-17)16(3)21-4/h5-13H,1,3,14H2,2,4H3. The van der Waals surface area contributed by atoms with Crippen molar-refractivity contribution in [2.24, 2.45) is 0 Å². The van der Waals surface area contributed by atoms with E-state index in [1.54, 1.807) is 7.11 Å². The molecule has 0 atom stereocenters. The summed E-state index contributed by atoms with van der Waals surface area (Å²) in [6, 6.07) is 18.5. The van der Waals surface area contributed by atoms with Gasteiger partial charge in [0.25, 0.3) is 0 Å². The van der Waals surface area contributed by atoms with Crippen molar-refractivity contribution in [1.82, 2.24) is 0 Å². The molecule has 2 heteroatoms. The second-order valence-electron chi connectivity index (χ2n) is 4.98. The molecular formula is C19H21NO. The monoisotopic (exact) mass is 279 g/mol. The molecule has 0 aliphatic carbocycles. The molecule has 0 amide bonds. The van der Waals surface area contributed by atoms with E-state index in [1.807, 2.05) is 37.3 Å². The highest BCUT2D eigenvalue weighted by molar-refractivity contribution is 5.58. The van der Waals surface area contributed by atoms with Gasteiger partial charge in [-0.1, -0.05) is 55.6 Å². The normalized spacial score (nSPS) is 10.0. The van der Waals surface area contributed by atoms with Gasteiger partial charge in [-0.2, -0.15) is 0 Å². The molecule has 0 N–H and O–H groups in total. The van der Waals surface area contributed by atoms with Crippen molar-refractivity contribution < 1.29 is 4.74 Å². The summed E-state index contributed by atoms with van der Waals surface area (Å²) in [6.45, 7) is 10.8. The third-order valence-corrected chi connectivity index (χ3v) is 3.39. The third-order valence-electron chi connectivity index (χ3n) is 3.39. The van der Waals surface area contributed by atoms with E-state index in [1.165, 1.54) is 5.56 Å². The van der Waals surface area contributed by atoms with Crippen molar-refractivity contribution in [3.05, 3.63) is 84.6 Å². The average molecular weight is 279 g/mol. The molecular weight excluding hydrogens is 258 g/mol. The minimum absolute atomic E-state index is 0.682. The molecule has 0 fully saturated rings. The summed E-state index contributed by atoms with van der Waals surface area (Å²) in [5.41, 5.74) is 4.39. The van der Waals surface area contributed by atoms with Crippen molar-refractivity contribution in [2.45, 2.75) is 13.5 Å². The fourth-order valence-electron chi connectivity index (χ4n) is 2.15. The minimum atomic E-state index is 0.682. The Morgan fingerprint density at radius 3 is 2.14 bits per heavy atom. The van der Waals surface area contributed by atoms with Crippen molar-refractivity contribution in [1.29, 1.82) is 0 Å². The van der Waals surface area contributed by atoms with Crippen LogP contribution in [0.25, 0.3) is 5.76 Å². The van der Waals surface area contributed by atoms with Crippen LogP contribution in [-0.4, -0.2) is 7.11 Å². The van der Waals surface area contributed by atoms with Gasteiger partial charge in [-0.05, 0) is 24.6 Å². The second-order valence-corrected chi connectivity index (χ2v) is 4.98. The maximum Gasteiger partial charge on any atom is 0.118 e. The van der Waals surface area contributed by atoms with Crippen LogP contribution in [0.5, 0.6) is 0 Å². The number of methoxy groups -OCH3 is 1. The Morgan fingerprint density at radius 1 is 1.00 bits per heavy atom. The van der Waals surface area contributed by atoms with Gasteiger partial charge in [0, 0.05) is 23.5 Å². The smallest absolute Gasteiger partial charge is 0.118 e. The summed E-state index contributed by atoms with van der Waals surface area (Å²) < 4.78 is 5.15. The summed E-state index contributed by atoms with van der Waals surface area (Å²) in [6.07, 6.45) is 0. The third kappa shape index (κ3) is 3.76. The Hall–Kier alpha value is -2.48. The first kappa shape index (κ1) is 14.9. The molecule has 0 radical (unpaired) electrons. The molecule has 2 aromatic carbocycles. The van der Waals surface area contributed by atoms with Crippen LogP contribution in [0.15, 0.2) is 73.5 Å². The van der Waals surface area contributed by atoms with Gasteiger partial charge in [0.15, 0.2) is 0 Å². The first-order chi connectivity index (χ1) is 10.1. The highest BCUT2D eigenvalue weighted by Gasteiger charge is 2.08. The van der Waals surface area contributed by atoms with Crippen molar-refractivity contribution in [3.8, 4) is 0 Å². The highest BCUT2D eigenvalue weighted by atomic mass is 16.5. The first-order valence-corrected chi connectivity index (χ1v) is 6.92. The van der Waals surface area contributed by atoms with Crippen molar-refractivity contribution >= 4 is 11.4 Å². The molecule has 108 valence electrons. The van der Waals surface area contributed by atoms with E-state index in [9.17, 15) is 0 Å². The summed E-state index contributed by atoms with van der Waals surface area (Å²) in [5, 5.41) is 0. The fraction of sp³-hybridized carbons (Fsp3) is 0.158. The topological polar surface area (TPSA) is 12.5 Å². The highest BCUT2D eigenvalue weighted by Crippen LogP contribution is 2.22. The molecule has 2 rings (SSSR count). The molecule has 0 aliphatic rings. The lowest BCUT2D eigenvalue weighted by molar-refractivity contribution is 0.371. The number of hydrogen-bond acceptors (Lipinski definition) is 2. The molecule has 0 spiro atoms. The van der Waals surface area contributed by atoms with E-state index in [0.717, 1.165) is 23.5 Å². The summed E-state index contributed by atoms with van der Waals surface area (Å²) in [4.78, 5) is 2.19. The molecule has 0 bridgehead atoms. The van der Waals surface area contributed by atoms with Crippen molar-refractivity contribution in [2.75, 3.05) is 12.0 Å². The maximum absolute atomic E-state index is 5.15. The summed E-state index contributed by atoms with van der Waals surface area (Å²) in [5.74, 6) is 0.682. The number of rotatable bonds is 6. The molecule has 0 heterocycles. The van der Waals surface area contributed by atoms with Gasteiger partial charge in [-0.15, -0.1) is 0 Å². The Labute approximate surface area is 127 Å². The molecule has 0 aromatic heterocycles. The Morgan fingerprint density at radius 2 is 1.62 bits per heavy atom. The fourth-order valence-corrected chi connectivity index (χ4v) is 2.15. The van der Waals surface area contributed by atoms with Gasteiger partial charge in [0.05, 0.1) is 7.11 Å². The van der Waals surface area contributed by atoms with E-state index < -0.39 is 0 Å². The lowest BCUT2D eigenvalue weighted by Crippen LogP contribution is -2.19. The van der Waals surface area contributed by atoms with Gasteiger partial charge in [-0.3, -0.25) is 0 Å². The van der Waals surface area contributed by atoms with E-state index in [-0.39, 0.29) is 0 Å². The van der Waals surface area contributed by atoms with Crippen LogP contribution in [0, 0.1) is 0 Å². The van der Waals surface area contributed by atoms with Crippen molar-refractivity contribution in [3.63, 3.8) is 0 Å². The van der Waals surface area contributed by atoms with E-state index in [2.05, 4.69) is 42.3 Å². The maximum atomic E-state index is 5.15. The predicted molar refractivity (Wildman–Crippen MR) is 89.9 cm³/mol. The Bertz CT molecular complexity index is 614. The molecule has 0 saturated heterocycles. The molecule has 2 nitrogen and oxygen atoms in total. The van der Waals surface area contributed by atoms with Crippen LogP contribution < -0.4 is 4.90 Å². The predicted octanol–water partition coefficient (Wildman–Crippen LogP) is 4.84. The van der Waals surface area contributed by atoms with Crippen LogP contribution in [0.2, 0.25) is 0 Å². The van der Waals surface area contributed by atoms with Crippen LogP contribution >= 0.6 is 0 Å². The Balaban J connectivity index is 2.18. The quantitative estimate of drug-likeness (QED) is 0.701. The number of benzene rings is 2. The number of allylic oxidation sites excluding steroid dienone is 1. The molecule has 2 aromatic rings. The van der Waals surface area contributed by atoms with Crippen LogP contribution in [0.1, 0.15) is 18.1 Å². The number of anilines is 1. The average Bonchev–Trinajstić information content (AvgIpc) is 2.53. The SMILES string of the molecule is C=C(OC)c1ccc(CN(C(=C)C)c2ccccc2)cc1.